The standard InChI is InChI=1S/C23H25ClN2O2S/c1-2-3-11-28-19-6-8-22-21(12-19)17(13-25-10-4-5-18(25)16-27)14-26(22)15-20-7-9-23(24)29-20/h1,6-9,12,14,18,27H,3-5,10-11,13,15-16H2/t18-/m0/s1. The molecule has 1 aliphatic heterocycles. The average molecular weight is 429 g/mol. The summed E-state index contributed by atoms with van der Waals surface area (Å²) >= 11 is 7.74. The Kier molecular flexibility index (Phi) is 6.46. The molecule has 0 amide bonds. The van der Waals surface area contributed by atoms with Gasteiger partial charge in [0.15, 0.2) is 0 Å². The van der Waals surface area contributed by atoms with Crippen LogP contribution in [0, 0.1) is 12.3 Å². The molecule has 0 spiro atoms. The van der Waals surface area contributed by atoms with Crippen LogP contribution in [-0.2, 0) is 13.1 Å². The van der Waals surface area contributed by atoms with Gasteiger partial charge >= 0.3 is 0 Å². The van der Waals surface area contributed by atoms with E-state index in [-0.39, 0.29) is 12.6 Å². The van der Waals surface area contributed by atoms with Crippen molar-refractivity contribution in [2.45, 2.75) is 38.4 Å². The monoisotopic (exact) mass is 428 g/mol. The van der Waals surface area contributed by atoms with Crippen molar-refractivity contribution in [3.8, 4) is 18.1 Å². The Morgan fingerprint density at radius 2 is 2.17 bits per heavy atom. The highest BCUT2D eigenvalue weighted by molar-refractivity contribution is 7.16. The molecule has 6 heteroatoms. The number of nitrogens with zero attached hydrogens (tertiary/aromatic N) is 2. The lowest BCUT2D eigenvalue weighted by molar-refractivity contribution is 0.154. The summed E-state index contributed by atoms with van der Waals surface area (Å²) in [7, 11) is 0. The van der Waals surface area contributed by atoms with Crippen molar-refractivity contribution in [1.29, 1.82) is 0 Å². The van der Waals surface area contributed by atoms with Gasteiger partial charge in [-0.3, -0.25) is 4.90 Å². The normalized spacial score (nSPS) is 17.1. The van der Waals surface area contributed by atoms with E-state index in [0.29, 0.717) is 13.0 Å². The molecule has 1 atom stereocenters. The van der Waals surface area contributed by atoms with E-state index in [4.69, 9.17) is 22.8 Å². The summed E-state index contributed by atoms with van der Waals surface area (Å²) in [4.78, 5) is 3.61. The third-order valence-electron chi connectivity index (χ3n) is 5.49. The largest absolute Gasteiger partial charge is 0.493 e. The van der Waals surface area contributed by atoms with Crippen LogP contribution in [0.5, 0.6) is 5.75 Å². The molecular formula is C23H25ClN2O2S. The zero-order valence-electron chi connectivity index (χ0n) is 16.3. The molecule has 3 heterocycles. The summed E-state index contributed by atoms with van der Waals surface area (Å²) in [6.07, 6.45) is 10.4. The predicted octanol–water partition coefficient (Wildman–Crippen LogP) is 4.76. The van der Waals surface area contributed by atoms with Gasteiger partial charge in [0.1, 0.15) is 5.75 Å². The van der Waals surface area contributed by atoms with Gasteiger partial charge in [-0.1, -0.05) is 11.6 Å². The Balaban J connectivity index is 1.66. The van der Waals surface area contributed by atoms with Crippen molar-refractivity contribution < 1.29 is 9.84 Å². The molecule has 4 rings (SSSR count). The summed E-state index contributed by atoms with van der Waals surface area (Å²) in [6, 6.07) is 10.5. The SMILES string of the molecule is C#CCCOc1ccc2c(c1)c(CN1CCC[C@H]1CO)cn2Cc1ccc(Cl)s1. The summed E-state index contributed by atoms with van der Waals surface area (Å²) in [5, 5.41) is 10.9. The zero-order valence-corrected chi connectivity index (χ0v) is 17.9. The van der Waals surface area contributed by atoms with Gasteiger partial charge in [0.25, 0.3) is 0 Å². The smallest absolute Gasteiger partial charge is 0.120 e. The second-order valence-corrected chi connectivity index (χ2v) is 9.22. The van der Waals surface area contributed by atoms with E-state index in [9.17, 15) is 5.11 Å². The van der Waals surface area contributed by atoms with Crippen molar-refractivity contribution in [2.75, 3.05) is 19.8 Å². The second-order valence-electron chi connectivity index (χ2n) is 7.42. The first-order valence-corrected chi connectivity index (χ1v) is 11.1. The maximum Gasteiger partial charge on any atom is 0.120 e. The molecule has 0 radical (unpaired) electrons. The number of ether oxygens (including phenoxy) is 1. The summed E-state index contributed by atoms with van der Waals surface area (Å²) in [5.41, 5.74) is 2.43. The summed E-state index contributed by atoms with van der Waals surface area (Å²) < 4.78 is 8.92. The summed E-state index contributed by atoms with van der Waals surface area (Å²) in [5.74, 6) is 3.45. The van der Waals surface area contributed by atoms with E-state index in [1.54, 1.807) is 11.3 Å². The zero-order chi connectivity index (χ0) is 20.2. The molecule has 2 aromatic heterocycles. The van der Waals surface area contributed by atoms with Crippen molar-refractivity contribution in [3.05, 3.63) is 51.3 Å². The van der Waals surface area contributed by atoms with Crippen LogP contribution in [-0.4, -0.2) is 40.4 Å². The van der Waals surface area contributed by atoms with Gasteiger partial charge in [-0.15, -0.1) is 23.7 Å². The van der Waals surface area contributed by atoms with Crippen LogP contribution in [0.4, 0.5) is 0 Å². The minimum atomic E-state index is 0.215. The Labute approximate surface area is 180 Å². The molecule has 0 saturated carbocycles. The number of likely N-dealkylation sites (tertiary alicyclic amines) is 1. The minimum absolute atomic E-state index is 0.215. The van der Waals surface area contributed by atoms with E-state index in [2.05, 4.69) is 39.8 Å². The van der Waals surface area contributed by atoms with E-state index < -0.39 is 0 Å². The Bertz CT molecular complexity index is 1020. The highest BCUT2D eigenvalue weighted by Crippen LogP contribution is 2.31. The maximum atomic E-state index is 9.70. The van der Waals surface area contributed by atoms with E-state index in [1.165, 1.54) is 21.3 Å². The number of fused-ring (bicyclic) bond motifs is 1. The Hall–Kier alpha value is -1.97. The molecule has 0 bridgehead atoms. The lowest BCUT2D eigenvalue weighted by Gasteiger charge is -2.22. The number of halogens is 1. The lowest BCUT2D eigenvalue weighted by Crippen LogP contribution is -2.31. The third kappa shape index (κ3) is 4.62. The van der Waals surface area contributed by atoms with Crippen molar-refractivity contribution >= 4 is 33.8 Å². The fraction of sp³-hybridized carbons (Fsp3) is 0.391. The number of benzene rings is 1. The van der Waals surface area contributed by atoms with E-state index in [0.717, 1.165) is 42.6 Å². The topological polar surface area (TPSA) is 37.6 Å². The maximum absolute atomic E-state index is 9.70. The highest BCUT2D eigenvalue weighted by atomic mass is 35.5. The number of thiophene rings is 1. The van der Waals surface area contributed by atoms with Crippen LogP contribution in [0.25, 0.3) is 10.9 Å². The Morgan fingerprint density at radius 1 is 1.28 bits per heavy atom. The van der Waals surface area contributed by atoms with E-state index in [1.807, 2.05) is 12.1 Å². The van der Waals surface area contributed by atoms with Gasteiger partial charge < -0.3 is 14.4 Å². The fourth-order valence-corrected chi connectivity index (χ4v) is 5.14. The molecule has 1 aromatic carbocycles. The van der Waals surface area contributed by atoms with Crippen LogP contribution < -0.4 is 4.74 Å². The lowest BCUT2D eigenvalue weighted by atomic mass is 10.1. The number of aliphatic hydroxyl groups is 1. The van der Waals surface area contributed by atoms with Gasteiger partial charge in [-0.05, 0) is 55.3 Å². The molecule has 29 heavy (non-hydrogen) atoms. The van der Waals surface area contributed by atoms with E-state index >= 15 is 0 Å². The fourth-order valence-electron chi connectivity index (χ4n) is 4.06. The predicted molar refractivity (Wildman–Crippen MR) is 120 cm³/mol. The average Bonchev–Trinajstić information content (AvgIpc) is 3.42. The van der Waals surface area contributed by atoms with Gasteiger partial charge in [-0.2, -0.15) is 0 Å². The first-order valence-electron chi connectivity index (χ1n) is 9.95. The molecule has 0 unspecified atom stereocenters. The van der Waals surface area contributed by atoms with Crippen LogP contribution in [0.15, 0.2) is 36.5 Å². The molecule has 152 valence electrons. The Morgan fingerprint density at radius 3 is 2.93 bits per heavy atom. The number of aromatic nitrogens is 1. The molecule has 1 fully saturated rings. The van der Waals surface area contributed by atoms with Crippen LogP contribution in [0.3, 0.4) is 0 Å². The van der Waals surface area contributed by atoms with Gasteiger partial charge in [-0.25, -0.2) is 0 Å². The first-order chi connectivity index (χ1) is 14.2. The number of hydrogen-bond acceptors (Lipinski definition) is 4. The minimum Gasteiger partial charge on any atom is -0.493 e. The molecule has 1 saturated heterocycles. The van der Waals surface area contributed by atoms with Gasteiger partial charge in [0, 0.05) is 41.0 Å². The molecule has 1 N–H and O–H groups in total. The number of rotatable bonds is 8. The molecule has 4 nitrogen and oxygen atoms in total. The second kappa shape index (κ2) is 9.23. The van der Waals surface area contributed by atoms with Crippen molar-refractivity contribution in [2.24, 2.45) is 0 Å². The molecule has 3 aromatic rings. The first kappa shape index (κ1) is 20.3. The molecule has 1 aliphatic rings. The van der Waals surface area contributed by atoms with Crippen molar-refractivity contribution in [1.82, 2.24) is 9.47 Å². The highest BCUT2D eigenvalue weighted by Gasteiger charge is 2.25. The van der Waals surface area contributed by atoms with Crippen LogP contribution >= 0.6 is 22.9 Å². The number of hydrogen-bond donors (Lipinski definition) is 1. The van der Waals surface area contributed by atoms with Crippen LogP contribution in [0.2, 0.25) is 4.34 Å². The number of aliphatic hydroxyl groups excluding tert-OH is 1. The summed E-state index contributed by atoms with van der Waals surface area (Å²) in [6.45, 7) is 3.37. The third-order valence-corrected chi connectivity index (χ3v) is 6.70. The van der Waals surface area contributed by atoms with Gasteiger partial charge in [0.2, 0.25) is 0 Å². The molecule has 0 aliphatic carbocycles. The molecular weight excluding hydrogens is 404 g/mol. The van der Waals surface area contributed by atoms with Crippen LogP contribution in [0.1, 0.15) is 29.7 Å². The van der Waals surface area contributed by atoms with Crippen molar-refractivity contribution in [3.63, 3.8) is 0 Å². The quantitative estimate of drug-likeness (QED) is 0.415. The van der Waals surface area contributed by atoms with Gasteiger partial charge in [0.05, 0.1) is 24.1 Å². The number of terminal acetylenes is 1.